The fourth-order valence-corrected chi connectivity index (χ4v) is 3.42. The van der Waals surface area contributed by atoms with E-state index in [4.69, 9.17) is 0 Å². The third kappa shape index (κ3) is 3.59. The highest BCUT2D eigenvalue weighted by atomic mass is 19.4. The van der Waals surface area contributed by atoms with E-state index in [-0.39, 0.29) is 5.69 Å². The maximum absolute atomic E-state index is 14.0. The third-order valence-electron chi connectivity index (χ3n) is 4.63. The number of pyridine rings is 1. The van der Waals surface area contributed by atoms with Crippen molar-refractivity contribution in [1.82, 2.24) is 4.57 Å². The number of para-hydroxylation sites is 1. The SMILES string of the molecule is O=c1cc(-c2ccccc2)n(-c2ccccc2)c(-c2ccccc2)c1C(F)(F)F. The van der Waals surface area contributed by atoms with Crippen LogP contribution < -0.4 is 5.43 Å². The molecule has 0 saturated carbocycles. The van der Waals surface area contributed by atoms with Crippen molar-refractivity contribution >= 4 is 0 Å². The molecule has 0 N–H and O–H groups in total. The Morgan fingerprint density at radius 2 is 1.14 bits per heavy atom. The number of nitrogens with zero attached hydrogens (tertiary/aromatic N) is 1. The van der Waals surface area contributed by atoms with Crippen LogP contribution in [0.5, 0.6) is 0 Å². The van der Waals surface area contributed by atoms with Crippen molar-refractivity contribution in [3.8, 4) is 28.2 Å². The van der Waals surface area contributed by atoms with Crippen LogP contribution in [0, 0.1) is 0 Å². The maximum Gasteiger partial charge on any atom is 0.422 e. The minimum absolute atomic E-state index is 0.171. The summed E-state index contributed by atoms with van der Waals surface area (Å²) in [4.78, 5) is 12.7. The van der Waals surface area contributed by atoms with Crippen molar-refractivity contribution in [3.05, 3.63) is 113 Å². The van der Waals surface area contributed by atoms with Crippen molar-refractivity contribution < 1.29 is 13.2 Å². The van der Waals surface area contributed by atoms with Gasteiger partial charge >= 0.3 is 6.18 Å². The molecule has 2 nitrogen and oxygen atoms in total. The number of aromatic nitrogens is 1. The number of benzene rings is 3. The average Bonchev–Trinajstić information content (AvgIpc) is 2.74. The van der Waals surface area contributed by atoms with Crippen LogP contribution in [-0.4, -0.2) is 4.57 Å². The van der Waals surface area contributed by atoms with Gasteiger partial charge in [-0.25, -0.2) is 0 Å². The van der Waals surface area contributed by atoms with Crippen LogP contribution in [0.3, 0.4) is 0 Å². The van der Waals surface area contributed by atoms with E-state index in [1.807, 2.05) is 6.07 Å². The number of halogens is 3. The Bertz CT molecular complexity index is 1180. The molecule has 5 heteroatoms. The summed E-state index contributed by atoms with van der Waals surface area (Å²) < 4.78 is 43.5. The lowest BCUT2D eigenvalue weighted by molar-refractivity contribution is -0.138. The van der Waals surface area contributed by atoms with Gasteiger partial charge in [0.15, 0.2) is 5.43 Å². The molecule has 29 heavy (non-hydrogen) atoms. The van der Waals surface area contributed by atoms with E-state index in [9.17, 15) is 18.0 Å². The van der Waals surface area contributed by atoms with Crippen LogP contribution >= 0.6 is 0 Å². The summed E-state index contributed by atoms with van der Waals surface area (Å²) >= 11 is 0. The van der Waals surface area contributed by atoms with E-state index in [2.05, 4.69) is 0 Å². The van der Waals surface area contributed by atoms with E-state index >= 15 is 0 Å². The monoisotopic (exact) mass is 391 g/mol. The first-order valence-corrected chi connectivity index (χ1v) is 9.00. The summed E-state index contributed by atoms with van der Waals surface area (Å²) in [5, 5.41) is 0. The van der Waals surface area contributed by atoms with E-state index in [0.717, 1.165) is 6.07 Å². The van der Waals surface area contributed by atoms with E-state index in [0.29, 0.717) is 22.5 Å². The highest BCUT2D eigenvalue weighted by molar-refractivity contribution is 5.74. The van der Waals surface area contributed by atoms with Gasteiger partial charge in [0.1, 0.15) is 5.56 Å². The zero-order valence-corrected chi connectivity index (χ0v) is 15.2. The predicted octanol–water partition coefficient (Wildman–Crippen LogP) is 6.19. The molecule has 0 saturated heterocycles. The normalized spacial score (nSPS) is 11.4. The molecule has 4 aromatic rings. The molecular weight excluding hydrogens is 375 g/mol. The third-order valence-corrected chi connectivity index (χ3v) is 4.63. The quantitative estimate of drug-likeness (QED) is 0.408. The predicted molar refractivity (Wildman–Crippen MR) is 108 cm³/mol. The number of hydrogen-bond acceptors (Lipinski definition) is 1. The fourth-order valence-electron chi connectivity index (χ4n) is 3.42. The standard InChI is InChI=1S/C24H16F3NO/c25-24(26,27)22-21(29)16-20(17-10-4-1-5-11-17)28(19-14-8-3-9-15-19)23(22)18-12-6-2-7-13-18/h1-16H. The molecule has 0 radical (unpaired) electrons. The zero-order chi connectivity index (χ0) is 20.4. The molecule has 0 aliphatic carbocycles. The number of rotatable bonds is 3. The Labute approximate surface area is 165 Å². The smallest absolute Gasteiger partial charge is 0.308 e. The summed E-state index contributed by atoms with van der Waals surface area (Å²) in [5.74, 6) is 0. The van der Waals surface area contributed by atoms with Gasteiger partial charge in [-0.3, -0.25) is 4.79 Å². The zero-order valence-electron chi connectivity index (χ0n) is 15.2. The van der Waals surface area contributed by atoms with Crippen molar-refractivity contribution in [2.75, 3.05) is 0 Å². The lowest BCUT2D eigenvalue weighted by atomic mass is 10.00. The van der Waals surface area contributed by atoms with Gasteiger partial charge in [0.2, 0.25) is 0 Å². The molecule has 0 amide bonds. The van der Waals surface area contributed by atoms with Gasteiger partial charge in [-0.15, -0.1) is 0 Å². The Morgan fingerprint density at radius 1 is 0.655 bits per heavy atom. The second-order valence-electron chi connectivity index (χ2n) is 6.52. The lowest BCUT2D eigenvalue weighted by Crippen LogP contribution is -2.24. The summed E-state index contributed by atoms with van der Waals surface area (Å²) in [6, 6.07) is 27.0. The van der Waals surface area contributed by atoms with Crippen LogP contribution in [0.25, 0.3) is 28.2 Å². The molecule has 0 unspecified atom stereocenters. The topological polar surface area (TPSA) is 22.0 Å². The van der Waals surface area contributed by atoms with Crippen LogP contribution in [0.15, 0.2) is 102 Å². The van der Waals surface area contributed by atoms with Crippen LogP contribution in [0.4, 0.5) is 13.2 Å². The van der Waals surface area contributed by atoms with Crippen LogP contribution in [0.1, 0.15) is 5.56 Å². The summed E-state index contributed by atoms with van der Waals surface area (Å²) in [5.41, 5.74) is -0.493. The molecule has 3 aromatic carbocycles. The van der Waals surface area contributed by atoms with E-state index in [1.165, 1.54) is 4.57 Å². The van der Waals surface area contributed by atoms with Crippen molar-refractivity contribution in [2.45, 2.75) is 6.18 Å². The summed E-state index contributed by atoms with van der Waals surface area (Å²) in [6.45, 7) is 0. The van der Waals surface area contributed by atoms with E-state index < -0.39 is 17.2 Å². The molecular formula is C24H16F3NO. The van der Waals surface area contributed by atoms with Gasteiger partial charge in [0.05, 0.1) is 11.4 Å². The molecule has 0 fully saturated rings. The van der Waals surface area contributed by atoms with Gasteiger partial charge in [-0.05, 0) is 23.3 Å². The van der Waals surface area contributed by atoms with Gasteiger partial charge in [0.25, 0.3) is 0 Å². The van der Waals surface area contributed by atoms with Crippen molar-refractivity contribution in [2.24, 2.45) is 0 Å². The second-order valence-corrected chi connectivity index (χ2v) is 6.52. The summed E-state index contributed by atoms with van der Waals surface area (Å²) in [7, 11) is 0. The van der Waals surface area contributed by atoms with E-state index in [1.54, 1.807) is 84.9 Å². The Balaban J connectivity index is 2.21. The molecule has 144 valence electrons. The Morgan fingerprint density at radius 3 is 1.66 bits per heavy atom. The lowest BCUT2D eigenvalue weighted by Gasteiger charge is -2.23. The second kappa shape index (κ2) is 7.43. The minimum Gasteiger partial charge on any atom is -0.308 e. The fraction of sp³-hybridized carbons (Fsp3) is 0.0417. The number of alkyl halides is 3. The Kier molecular flexibility index (Phi) is 4.80. The minimum atomic E-state index is -4.80. The summed E-state index contributed by atoms with van der Waals surface area (Å²) in [6.07, 6.45) is -4.80. The van der Waals surface area contributed by atoms with Crippen molar-refractivity contribution in [3.63, 3.8) is 0 Å². The van der Waals surface area contributed by atoms with Gasteiger partial charge in [0, 0.05) is 11.8 Å². The maximum atomic E-state index is 14.0. The average molecular weight is 391 g/mol. The van der Waals surface area contributed by atoms with Gasteiger partial charge in [-0.2, -0.15) is 13.2 Å². The largest absolute Gasteiger partial charge is 0.422 e. The molecule has 0 aliphatic heterocycles. The van der Waals surface area contributed by atoms with Crippen LogP contribution in [0.2, 0.25) is 0 Å². The van der Waals surface area contributed by atoms with Crippen molar-refractivity contribution in [1.29, 1.82) is 0 Å². The van der Waals surface area contributed by atoms with Gasteiger partial charge < -0.3 is 4.57 Å². The molecule has 0 aliphatic rings. The number of hydrogen-bond donors (Lipinski definition) is 0. The highest BCUT2D eigenvalue weighted by Gasteiger charge is 2.39. The Hall–Kier alpha value is -3.60. The molecule has 1 aromatic heterocycles. The molecule has 0 bridgehead atoms. The molecule has 4 rings (SSSR count). The molecule has 0 spiro atoms. The highest BCUT2D eigenvalue weighted by Crippen LogP contribution is 2.38. The molecule has 0 atom stereocenters. The first-order valence-electron chi connectivity index (χ1n) is 9.00. The molecule has 1 heterocycles. The first kappa shape index (κ1) is 18.7. The first-order chi connectivity index (χ1) is 14.0. The van der Waals surface area contributed by atoms with Crippen LogP contribution in [-0.2, 0) is 6.18 Å². The van der Waals surface area contributed by atoms with Gasteiger partial charge in [-0.1, -0.05) is 78.9 Å².